The minimum absolute atomic E-state index is 0.125. The Morgan fingerprint density at radius 2 is 1.88 bits per heavy atom. The molecule has 7 heteroatoms. The minimum Gasteiger partial charge on any atom is -0.497 e. The zero-order valence-electron chi connectivity index (χ0n) is 13.8. The largest absolute Gasteiger partial charge is 0.497 e. The molecule has 128 valence electrons. The number of nitrogens with one attached hydrogen (secondary N) is 2. The van der Waals surface area contributed by atoms with Gasteiger partial charge in [-0.3, -0.25) is 4.79 Å². The predicted molar refractivity (Wildman–Crippen MR) is 95.2 cm³/mol. The fourth-order valence-electron chi connectivity index (χ4n) is 2.28. The van der Waals surface area contributed by atoms with Crippen LogP contribution in [-0.2, 0) is 0 Å². The summed E-state index contributed by atoms with van der Waals surface area (Å²) >= 11 is 0. The highest BCUT2D eigenvalue weighted by molar-refractivity contribution is 5.94. The number of anilines is 1. The molecule has 3 aromatic rings. The van der Waals surface area contributed by atoms with Crippen LogP contribution in [0.15, 0.2) is 61.2 Å². The summed E-state index contributed by atoms with van der Waals surface area (Å²) in [4.78, 5) is 20.5. The van der Waals surface area contributed by atoms with Crippen LogP contribution in [0.4, 0.5) is 5.82 Å². The van der Waals surface area contributed by atoms with Gasteiger partial charge in [-0.15, -0.1) is 0 Å². The van der Waals surface area contributed by atoms with E-state index in [-0.39, 0.29) is 5.91 Å². The molecule has 0 saturated carbocycles. The van der Waals surface area contributed by atoms with Crippen molar-refractivity contribution >= 4 is 11.7 Å². The van der Waals surface area contributed by atoms with Crippen LogP contribution in [0, 0.1) is 0 Å². The minimum atomic E-state index is -0.125. The Balaban J connectivity index is 1.48. The molecule has 0 bridgehead atoms. The van der Waals surface area contributed by atoms with Crippen molar-refractivity contribution in [3.63, 3.8) is 0 Å². The van der Waals surface area contributed by atoms with E-state index in [4.69, 9.17) is 4.74 Å². The van der Waals surface area contributed by atoms with Crippen molar-refractivity contribution in [2.24, 2.45) is 0 Å². The first-order chi connectivity index (χ1) is 12.3. The van der Waals surface area contributed by atoms with Crippen LogP contribution >= 0.6 is 0 Å². The van der Waals surface area contributed by atoms with Crippen LogP contribution < -0.4 is 15.4 Å². The molecule has 25 heavy (non-hydrogen) atoms. The van der Waals surface area contributed by atoms with E-state index in [1.807, 2.05) is 35.2 Å². The average molecular weight is 337 g/mol. The summed E-state index contributed by atoms with van der Waals surface area (Å²) in [7, 11) is 1.59. The number of ether oxygens (including phenoxy) is 1. The van der Waals surface area contributed by atoms with E-state index >= 15 is 0 Å². The Labute approximate surface area is 145 Å². The topological polar surface area (TPSA) is 81.1 Å². The van der Waals surface area contributed by atoms with Crippen molar-refractivity contribution in [2.45, 2.75) is 0 Å². The Morgan fingerprint density at radius 1 is 1.12 bits per heavy atom. The summed E-state index contributed by atoms with van der Waals surface area (Å²) in [6, 6.07) is 12.7. The van der Waals surface area contributed by atoms with Crippen molar-refractivity contribution in [1.29, 1.82) is 0 Å². The molecule has 3 rings (SSSR count). The summed E-state index contributed by atoms with van der Waals surface area (Å²) in [5.74, 6) is 2.09. The summed E-state index contributed by atoms with van der Waals surface area (Å²) in [6.45, 7) is 1.04. The zero-order valence-corrected chi connectivity index (χ0v) is 13.8. The molecule has 2 N–H and O–H groups in total. The Hall–Kier alpha value is -3.35. The van der Waals surface area contributed by atoms with Gasteiger partial charge in [0.25, 0.3) is 5.91 Å². The summed E-state index contributed by atoms with van der Waals surface area (Å²) < 4.78 is 6.98. The van der Waals surface area contributed by atoms with E-state index in [1.54, 1.807) is 31.4 Å². The highest BCUT2D eigenvalue weighted by Gasteiger charge is 2.05. The van der Waals surface area contributed by atoms with Crippen molar-refractivity contribution in [3.05, 3.63) is 66.7 Å². The third-order valence-corrected chi connectivity index (χ3v) is 3.59. The van der Waals surface area contributed by atoms with Gasteiger partial charge in [-0.25, -0.2) is 9.97 Å². The zero-order chi connectivity index (χ0) is 17.5. The molecule has 0 aliphatic rings. The van der Waals surface area contributed by atoms with Gasteiger partial charge in [0.2, 0.25) is 0 Å². The smallest absolute Gasteiger partial charge is 0.251 e. The molecule has 2 aromatic heterocycles. The van der Waals surface area contributed by atoms with Gasteiger partial charge in [0, 0.05) is 37.1 Å². The first kappa shape index (κ1) is 16.5. The van der Waals surface area contributed by atoms with Gasteiger partial charge >= 0.3 is 0 Å². The average Bonchev–Trinajstić information content (AvgIpc) is 3.20. The molecule has 0 spiro atoms. The Morgan fingerprint density at radius 3 is 2.60 bits per heavy atom. The molecule has 0 saturated heterocycles. The van der Waals surface area contributed by atoms with Crippen molar-refractivity contribution in [1.82, 2.24) is 19.9 Å². The number of benzene rings is 1. The van der Waals surface area contributed by atoms with E-state index < -0.39 is 0 Å². The number of amides is 1. The second-order valence-electron chi connectivity index (χ2n) is 5.26. The van der Waals surface area contributed by atoms with Crippen LogP contribution in [0.5, 0.6) is 5.75 Å². The SMILES string of the molecule is COc1ccc(C(=O)NCCNc2cc(-n3cccc3)ncn2)cc1. The van der Waals surface area contributed by atoms with Gasteiger partial charge < -0.3 is 19.9 Å². The van der Waals surface area contributed by atoms with Gasteiger partial charge in [-0.05, 0) is 36.4 Å². The fourth-order valence-corrected chi connectivity index (χ4v) is 2.28. The second kappa shape index (κ2) is 7.96. The maximum Gasteiger partial charge on any atom is 0.251 e. The van der Waals surface area contributed by atoms with E-state index in [9.17, 15) is 4.79 Å². The maximum atomic E-state index is 12.1. The number of carbonyl (C=O) groups is 1. The maximum absolute atomic E-state index is 12.1. The highest BCUT2D eigenvalue weighted by atomic mass is 16.5. The lowest BCUT2D eigenvalue weighted by Gasteiger charge is -2.09. The van der Waals surface area contributed by atoms with Crippen LogP contribution in [0.3, 0.4) is 0 Å². The van der Waals surface area contributed by atoms with Gasteiger partial charge in [0.15, 0.2) is 0 Å². The van der Waals surface area contributed by atoms with E-state index in [0.717, 1.165) is 11.6 Å². The summed E-state index contributed by atoms with van der Waals surface area (Å²) in [6.07, 6.45) is 5.34. The Kier molecular flexibility index (Phi) is 5.26. The lowest BCUT2D eigenvalue weighted by molar-refractivity contribution is 0.0955. The van der Waals surface area contributed by atoms with Gasteiger partial charge in [0.05, 0.1) is 7.11 Å². The van der Waals surface area contributed by atoms with Crippen molar-refractivity contribution in [3.8, 4) is 11.6 Å². The molecule has 1 aromatic carbocycles. The monoisotopic (exact) mass is 337 g/mol. The van der Waals surface area contributed by atoms with Crippen LogP contribution in [0.1, 0.15) is 10.4 Å². The standard InChI is InChI=1S/C18H19N5O2/c1-25-15-6-4-14(5-7-15)18(24)20-9-8-19-16-12-17(22-13-21-16)23-10-2-3-11-23/h2-7,10-13H,8-9H2,1H3,(H,20,24)(H,19,21,22). The molecule has 0 aliphatic carbocycles. The van der Waals surface area contributed by atoms with Gasteiger partial charge in [-0.2, -0.15) is 0 Å². The molecule has 0 fully saturated rings. The van der Waals surface area contributed by atoms with Crippen LogP contribution in [-0.4, -0.2) is 40.6 Å². The van der Waals surface area contributed by atoms with E-state index in [1.165, 1.54) is 6.33 Å². The number of nitrogens with zero attached hydrogens (tertiary/aromatic N) is 3. The number of carbonyl (C=O) groups excluding carboxylic acids is 1. The number of rotatable bonds is 7. The lowest BCUT2D eigenvalue weighted by atomic mass is 10.2. The molecule has 0 radical (unpaired) electrons. The molecule has 1 amide bonds. The normalized spacial score (nSPS) is 10.3. The predicted octanol–water partition coefficient (Wildman–Crippen LogP) is 2.12. The number of methoxy groups -OCH3 is 1. The Bertz CT molecular complexity index is 816. The molecule has 2 heterocycles. The van der Waals surface area contributed by atoms with Crippen LogP contribution in [0.2, 0.25) is 0 Å². The molecular weight excluding hydrogens is 318 g/mol. The lowest BCUT2D eigenvalue weighted by Crippen LogP contribution is -2.28. The van der Waals surface area contributed by atoms with E-state index in [0.29, 0.717) is 24.5 Å². The molecule has 0 aliphatic heterocycles. The molecule has 7 nitrogen and oxygen atoms in total. The summed E-state index contributed by atoms with van der Waals surface area (Å²) in [5, 5.41) is 6.03. The van der Waals surface area contributed by atoms with Crippen LogP contribution in [0.25, 0.3) is 5.82 Å². The first-order valence-electron chi connectivity index (χ1n) is 7.88. The summed E-state index contributed by atoms with van der Waals surface area (Å²) in [5.41, 5.74) is 0.595. The fraction of sp³-hybridized carbons (Fsp3) is 0.167. The third kappa shape index (κ3) is 4.35. The van der Waals surface area contributed by atoms with Gasteiger partial charge in [-0.1, -0.05) is 0 Å². The number of hydrogen-bond donors (Lipinski definition) is 2. The van der Waals surface area contributed by atoms with Gasteiger partial charge in [0.1, 0.15) is 23.7 Å². The first-order valence-corrected chi connectivity index (χ1v) is 7.88. The molecule has 0 atom stereocenters. The molecule has 0 unspecified atom stereocenters. The highest BCUT2D eigenvalue weighted by Crippen LogP contribution is 2.11. The number of aromatic nitrogens is 3. The number of hydrogen-bond acceptors (Lipinski definition) is 5. The van der Waals surface area contributed by atoms with Crippen molar-refractivity contribution < 1.29 is 9.53 Å². The third-order valence-electron chi connectivity index (χ3n) is 3.59. The molecular formula is C18H19N5O2. The second-order valence-corrected chi connectivity index (χ2v) is 5.26. The van der Waals surface area contributed by atoms with E-state index in [2.05, 4.69) is 20.6 Å². The van der Waals surface area contributed by atoms with Crippen molar-refractivity contribution in [2.75, 3.05) is 25.5 Å². The quantitative estimate of drug-likeness (QED) is 0.646.